The molecule has 162 valence electrons. The first kappa shape index (κ1) is 23.1. The number of morpholine rings is 1. The third kappa shape index (κ3) is 6.41. The lowest BCUT2D eigenvalue weighted by Gasteiger charge is -2.26. The van der Waals surface area contributed by atoms with Crippen LogP contribution in [0.1, 0.15) is 30.6 Å². The molecule has 9 nitrogen and oxygen atoms in total. The van der Waals surface area contributed by atoms with Crippen molar-refractivity contribution in [3.05, 3.63) is 23.8 Å². The lowest BCUT2D eigenvalue weighted by molar-refractivity contribution is -0.124. The molecule has 2 rings (SSSR count). The Balaban J connectivity index is 2.09. The number of carbonyl (C=O) groups is 2. The number of hydrogen-bond acceptors (Lipinski definition) is 7. The normalized spacial score (nSPS) is 15.2. The maximum absolute atomic E-state index is 12.8. The van der Waals surface area contributed by atoms with Crippen LogP contribution in [0, 0.1) is 5.92 Å². The SMILES string of the molecule is COc1ccc(S(=O)(=O)N2CCOCC2)cc1C(=O)OCC(=O)NCCC(C)C. The molecule has 1 aromatic carbocycles. The molecule has 0 radical (unpaired) electrons. The van der Waals surface area contributed by atoms with Crippen LogP contribution in [0.5, 0.6) is 5.75 Å². The highest BCUT2D eigenvalue weighted by Crippen LogP contribution is 2.25. The van der Waals surface area contributed by atoms with E-state index in [2.05, 4.69) is 5.32 Å². The van der Waals surface area contributed by atoms with Gasteiger partial charge in [0, 0.05) is 19.6 Å². The van der Waals surface area contributed by atoms with Crippen molar-refractivity contribution in [1.29, 1.82) is 0 Å². The van der Waals surface area contributed by atoms with Gasteiger partial charge in [0.05, 0.1) is 25.2 Å². The van der Waals surface area contributed by atoms with E-state index < -0.39 is 28.5 Å². The maximum atomic E-state index is 12.8. The van der Waals surface area contributed by atoms with Crippen molar-refractivity contribution in [3.63, 3.8) is 0 Å². The molecule has 0 atom stereocenters. The molecule has 0 bridgehead atoms. The van der Waals surface area contributed by atoms with Gasteiger partial charge in [-0.1, -0.05) is 13.8 Å². The lowest BCUT2D eigenvalue weighted by Crippen LogP contribution is -2.40. The Morgan fingerprint density at radius 3 is 2.55 bits per heavy atom. The summed E-state index contributed by atoms with van der Waals surface area (Å²) in [6.45, 7) is 5.22. The van der Waals surface area contributed by atoms with Gasteiger partial charge in [0.2, 0.25) is 10.0 Å². The van der Waals surface area contributed by atoms with Crippen molar-refractivity contribution >= 4 is 21.9 Å². The summed E-state index contributed by atoms with van der Waals surface area (Å²) in [7, 11) is -2.42. The molecule has 1 N–H and O–H groups in total. The van der Waals surface area contributed by atoms with Crippen molar-refractivity contribution in [2.24, 2.45) is 5.92 Å². The van der Waals surface area contributed by atoms with Crippen LogP contribution >= 0.6 is 0 Å². The molecule has 1 aromatic rings. The largest absolute Gasteiger partial charge is 0.496 e. The number of esters is 1. The zero-order valence-corrected chi connectivity index (χ0v) is 17.8. The van der Waals surface area contributed by atoms with Crippen LogP contribution in [-0.4, -0.2) is 71.2 Å². The zero-order chi connectivity index (χ0) is 21.4. The Bertz CT molecular complexity index is 818. The van der Waals surface area contributed by atoms with E-state index in [1.807, 2.05) is 13.8 Å². The van der Waals surface area contributed by atoms with E-state index in [9.17, 15) is 18.0 Å². The molecule has 1 amide bonds. The minimum absolute atomic E-state index is 0.0477. The first-order valence-corrected chi connectivity index (χ1v) is 10.9. The second-order valence-electron chi connectivity index (χ2n) is 6.99. The van der Waals surface area contributed by atoms with Gasteiger partial charge >= 0.3 is 5.97 Å². The van der Waals surface area contributed by atoms with Crippen molar-refractivity contribution < 1.29 is 32.2 Å². The van der Waals surface area contributed by atoms with Crippen molar-refractivity contribution in [1.82, 2.24) is 9.62 Å². The van der Waals surface area contributed by atoms with Gasteiger partial charge in [0.15, 0.2) is 6.61 Å². The van der Waals surface area contributed by atoms with Crippen LogP contribution in [0.2, 0.25) is 0 Å². The highest BCUT2D eigenvalue weighted by Gasteiger charge is 2.28. The first-order valence-electron chi connectivity index (χ1n) is 9.45. The van der Waals surface area contributed by atoms with E-state index in [-0.39, 0.29) is 29.3 Å². The Morgan fingerprint density at radius 1 is 1.24 bits per heavy atom. The number of benzene rings is 1. The van der Waals surface area contributed by atoms with Crippen LogP contribution < -0.4 is 10.1 Å². The zero-order valence-electron chi connectivity index (χ0n) is 17.0. The van der Waals surface area contributed by atoms with Gasteiger partial charge in [0.1, 0.15) is 11.3 Å². The maximum Gasteiger partial charge on any atom is 0.342 e. The average molecular weight is 429 g/mol. The summed E-state index contributed by atoms with van der Waals surface area (Å²) >= 11 is 0. The number of rotatable bonds is 9. The average Bonchev–Trinajstić information content (AvgIpc) is 2.71. The van der Waals surface area contributed by atoms with Crippen LogP contribution in [0.15, 0.2) is 23.1 Å². The minimum atomic E-state index is -3.78. The minimum Gasteiger partial charge on any atom is -0.496 e. The molecule has 29 heavy (non-hydrogen) atoms. The van der Waals surface area contributed by atoms with Crippen molar-refractivity contribution in [3.8, 4) is 5.75 Å². The second-order valence-corrected chi connectivity index (χ2v) is 8.93. The Kier molecular flexibility index (Phi) is 8.42. The number of nitrogens with one attached hydrogen (secondary N) is 1. The number of carbonyl (C=O) groups excluding carboxylic acids is 2. The van der Waals surface area contributed by atoms with E-state index in [0.717, 1.165) is 6.42 Å². The number of nitrogens with zero attached hydrogens (tertiary/aromatic N) is 1. The fourth-order valence-corrected chi connectivity index (χ4v) is 4.14. The van der Waals surface area contributed by atoms with Crippen molar-refractivity contribution in [2.75, 3.05) is 46.6 Å². The number of amides is 1. The molecule has 10 heteroatoms. The summed E-state index contributed by atoms with van der Waals surface area (Å²) in [5, 5.41) is 2.67. The first-order chi connectivity index (χ1) is 13.8. The third-order valence-electron chi connectivity index (χ3n) is 4.38. The van der Waals surface area contributed by atoms with Crippen LogP contribution in [0.4, 0.5) is 0 Å². The van der Waals surface area contributed by atoms with Gasteiger partial charge in [-0.2, -0.15) is 4.31 Å². The highest BCUT2D eigenvalue weighted by atomic mass is 32.2. The number of methoxy groups -OCH3 is 1. The van der Waals surface area contributed by atoms with E-state index in [4.69, 9.17) is 14.2 Å². The van der Waals surface area contributed by atoms with Crippen LogP contribution in [-0.2, 0) is 24.3 Å². The highest BCUT2D eigenvalue weighted by molar-refractivity contribution is 7.89. The molecule has 0 saturated carbocycles. The number of ether oxygens (including phenoxy) is 3. The van der Waals surface area contributed by atoms with Gasteiger partial charge in [-0.05, 0) is 30.5 Å². The summed E-state index contributed by atoms with van der Waals surface area (Å²) < 4.78 is 42.3. The standard InChI is InChI=1S/C19H28N2O7S/c1-14(2)6-7-20-18(22)13-28-19(23)16-12-15(4-5-17(16)26-3)29(24,25)21-8-10-27-11-9-21/h4-5,12,14H,6-11,13H2,1-3H3,(H,20,22). The molecular formula is C19H28N2O7S. The summed E-state index contributed by atoms with van der Waals surface area (Å²) in [5.74, 6) is -0.649. The fourth-order valence-electron chi connectivity index (χ4n) is 2.70. The predicted molar refractivity (Wildman–Crippen MR) is 105 cm³/mol. The van der Waals surface area contributed by atoms with Gasteiger partial charge in [0.25, 0.3) is 5.91 Å². The predicted octanol–water partition coefficient (Wildman–Crippen LogP) is 1.04. The van der Waals surface area contributed by atoms with E-state index in [0.29, 0.717) is 25.7 Å². The Labute approximate surface area is 171 Å². The molecule has 0 aliphatic carbocycles. The lowest BCUT2D eigenvalue weighted by atomic mass is 10.1. The number of sulfonamides is 1. The summed E-state index contributed by atoms with van der Waals surface area (Å²) in [4.78, 5) is 24.2. The van der Waals surface area contributed by atoms with Crippen LogP contribution in [0.25, 0.3) is 0 Å². The molecule has 1 heterocycles. The van der Waals surface area contributed by atoms with E-state index in [1.54, 1.807) is 0 Å². The van der Waals surface area contributed by atoms with Gasteiger partial charge in [-0.25, -0.2) is 13.2 Å². The molecular weight excluding hydrogens is 400 g/mol. The number of hydrogen-bond donors (Lipinski definition) is 1. The summed E-state index contributed by atoms with van der Waals surface area (Å²) in [6.07, 6.45) is 0.814. The van der Waals surface area contributed by atoms with Crippen molar-refractivity contribution in [2.45, 2.75) is 25.2 Å². The monoisotopic (exact) mass is 428 g/mol. The molecule has 1 fully saturated rings. The van der Waals surface area contributed by atoms with Gasteiger partial charge in [-0.3, -0.25) is 4.79 Å². The third-order valence-corrected chi connectivity index (χ3v) is 6.27. The molecule has 1 aliphatic heterocycles. The van der Waals surface area contributed by atoms with Gasteiger partial charge in [-0.15, -0.1) is 0 Å². The quantitative estimate of drug-likeness (QED) is 0.585. The topological polar surface area (TPSA) is 111 Å². The summed E-state index contributed by atoms with van der Waals surface area (Å²) in [6, 6.07) is 3.98. The second kappa shape index (κ2) is 10.6. The van der Waals surface area contributed by atoms with E-state index >= 15 is 0 Å². The van der Waals surface area contributed by atoms with Gasteiger partial charge < -0.3 is 19.5 Å². The summed E-state index contributed by atoms with van der Waals surface area (Å²) in [5.41, 5.74) is -0.0585. The van der Waals surface area contributed by atoms with E-state index in [1.165, 1.54) is 29.6 Å². The molecule has 0 unspecified atom stereocenters. The smallest absolute Gasteiger partial charge is 0.342 e. The molecule has 0 spiro atoms. The van der Waals surface area contributed by atoms with Crippen LogP contribution in [0.3, 0.4) is 0 Å². The molecule has 1 aliphatic rings. The Morgan fingerprint density at radius 2 is 1.93 bits per heavy atom. The molecule has 1 saturated heterocycles. The molecule has 0 aromatic heterocycles. The Hall–Kier alpha value is -2.17. The fraction of sp³-hybridized carbons (Fsp3) is 0.579.